The van der Waals surface area contributed by atoms with Crippen molar-refractivity contribution in [1.29, 1.82) is 0 Å². The molecule has 2 N–H and O–H groups in total. The number of nitrogens with two attached hydrogens (primary N) is 1. The summed E-state index contributed by atoms with van der Waals surface area (Å²) in [7, 11) is 0. The first-order chi connectivity index (χ1) is 13.9. The van der Waals surface area contributed by atoms with E-state index in [9.17, 15) is 4.79 Å². The number of rotatable bonds is 5. The van der Waals surface area contributed by atoms with Crippen molar-refractivity contribution in [2.75, 3.05) is 0 Å². The van der Waals surface area contributed by atoms with Gasteiger partial charge >= 0.3 is 0 Å². The Kier molecular flexibility index (Phi) is 5.48. The third-order valence-electron chi connectivity index (χ3n) is 4.78. The van der Waals surface area contributed by atoms with Gasteiger partial charge in [0.2, 0.25) is 5.91 Å². The zero-order chi connectivity index (χ0) is 20.5. The molecule has 1 aromatic heterocycles. The van der Waals surface area contributed by atoms with Gasteiger partial charge in [0.05, 0.1) is 22.5 Å². The average Bonchev–Trinajstić information content (AvgIpc) is 3.05. The van der Waals surface area contributed by atoms with Gasteiger partial charge in [0.25, 0.3) is 0 Å². The second-order valence-electron chi connectivity index (χ2n) is 6.96. The standard InChI is InChI=1S/C23H20BrN3OS/c1-14-3-9-20(15(2)11-14)27-21-10-4-16(23(25)28)12-19(21)26-22(27)13-29-18-7-5-17(24)6-8-18/h3-12H,13H2,1-2H3,(H2,25,28). The van der Waals surface area contributed by atoms with Crippen LogP contribution >= 0.6 is 27.7 Å². The lowest BCUT2D eigenvalue weighted by molar-refractivity contribution is 0.100. The van der Waals surface area contributed by atoms with E-state index in [0.717, 1.165) is 27.0 Å². The fraction of sp³-hybridized carbons (Fsp3) is 0.130. The number of hydrogen-bond acceptors (Lipinski definition) is 3. The predicted octanol–water partition coefficient (Wildman–Crippen LogP) is 5.80. The second-order valence-corrected chi connectivity index (χ2v) is 8.93. The van der Waals surface area contributed by atoms with Crippen LogP contribution in [0.15, 0.2) is 70.0 Å². The van der Waals surface area contributed by atoms with Crippen LogP contribution in [0.25, 0.3) is 16.7 Å². The Bertz CT molecular complexity index is 1220. The van der Waals surface area contributed by atoms with Gasteiger partial charge in [0, 0.05) is 14.9 Å². The zero-order valence-electron chi connectivity index (χ0n) is 16.1. The summed E-state index contributed by atoms with van der Waals surface area (Å²) >= 11 is 5.21. The Morgan fingerprint density at radius 2 is 1.83 bits per heavy atom. The van der Waals surface area contributed by atoms with Gasteiger partial charge in [-0.05, 0) is 67.9 Å². The molecule has 3 aromatic carbocycles. The fourth-order valence-corrected chi connectivity index (χ4v) is 4.47. The van der Waals surface area contributed by atoms with E-state index in [4.69, 9.17) is 10.7 Å². The monoisotopic (exact) mass is 465 g/mol. The number of amides is 1. The smallest absolute Gasteiger partial charge is 0.248 e. The maximum Gasteiger partial charge on any atom is 0.248 e. The lowest BCUT2D eigenvalue weighted by Crippen LogP contribution is -2.10. The van der Waals surface area contributed by atoms with Crippen LogP contribution in [-0.4, -0.2) is 15.5 Å². The Morgan fingerprint density at radius 1 is 1.07 bits per heavy atom. The van der Waals surface area contributed by atoms with Crippen LogP contribution in [0.2, 0.25) is 0 Å². The highest BCUT2D eigenvalue weighted by Crippen LogP contribution is 2.30. The molecule has 1 heterocycles. The molecule has 0 spiro atoms. The molecule has 0 aliphatic carbocycles. The van der Waals surface area contributed by atoms with E-state index in [-0.39, 0.29) is 0 Å². The molecule has 0 atom stereocenters. The summed E-state index contributed by atoms with van der Waals surface area (Å²) in [4.78, 5) is 17.6. The first-order valence-corrected chi connectivity index (χ1v) is 11.0. The van der Waals surface area contributed by atoms with Crippen molar-refractivity contribution in [3.63, 3.8) is 0 Å². The number of fused-ring (bicyclic) bond motifs is 1. The van der Waals surface area contributed by atoms with Gasteiger partial charge in [-0.1, -0.05) is 33.6 Å². The summed E-state index contributed by atoms with van der Waals surface area (Å²) in [5.74, 6) is 1.19. The zero-order valence-corrected chi connectivity index (χ0v) is 18.5. The predicted molar refractivity (Wildman–Crippen MR) is 123 cm³/mol. The third-order valence-corrected chi connectivity index (χ3v) is 6.32. The van der Waals surface area contributed by atoms with Crippen LogP contribution in [0, 0.1) is 13.8 Å². The van der Waals surface area contributed by atoms with Gasteiger partial charge in [0.15, 0.2) is 0 Å². The molecule has 6 heteroatoms. The van der Waals surface area contributed by atoms with Crippen LogP contribution in [0.1, 0.15) is 27.3 Å². The lowest BCUT2D eigenvalue weighted by Gasteiger charge is -2.13. The molecule has 4 aromatic rings. The number of nitrogens with zero attached hydrogens (tertiary/aromatic N) is 2. The van der Waals surface area contributed by atoms with E-state index >= 15 is 0 Å². The van der Waals surface area contributed by atoms with Gasteiger partial charge < -0.3 is 5.73 Å². The largest absolute Gasteiger partial charge is 0.366 e. The lowest BCUT2D eigenvalue weighted by atomic mass is 10.1. The molecule has 146 valence electrons. The van der Waals surface area contributed by atoms with Crippen molar-refractivity contribution < 1.29 is 4.79 Å². The highest BCUT2D eigenvalue weighted by molar-refractivity contribution is 9.10. The minimum absolute atomic E-state index is 0.446. The molecular weight excluding hydrogens is 446 g/mol. The molecule has 0 fully saturated rings. The number of aromatic nitrogens is 2. The molecule has 0 unspecified atom stereocenters. The number of hydrogen-bond donors (Lipinski definition) is 1. The topological polar surface area (TPSA) is 60.9 Å². The second kappa shape index (κ2) is 8.05. The number of thioether (sulfide) groups is 1. The average molecular weight is 466 g/mol. The molecule has 4 rings (SSSR count). The van der Waals surface area contributed by atoms with Crippen LogP contribution in [0.3, 0.4) is 0 Å². The van der Waals surface area contributed by atoms with E-state index in [1.165, 1.54) is 16.0 Å². The quantitative estimate of drug-likeness (QED) is 0.379. The van der Waals surface area contributed by atoms with Crippen molar-refractivity contribution in [2.24, 2.45) is 5.73 Å². The van der Waals surface area contributed by atoms with Gasteiger partial charge in [0.1, 0.15) is 5.82 Å². The molecular formula is C23H20BrN3OS. The minimum Gasteiger partial charge on any atom is -0.366 e. The van der Waals surface area contributed by atoms with Crippen molar-refractivity contribution in [1.82, 2.24) is 9.55 Å². The highest BCUT2D eigenvalue weighted by Gasteiger charge is 2.16. The number of carbonyl (C=O) groups is 1. The Morgan fingerprint density at radius 3 is 2.52 bits per heavy atom. The third kappa shape index (κ3) is 4.09. The number of carbonyl (C=O) groups excluding carboxylic acids is 1. The maximum atomic E-state index is 11.6. The SMILES string of the molecule is Cc1ccc(-n2c(CSc3ccc(Br)cc3)nc3cc(C(N)=O)ccc32)c(C)c1. The van der Waals surface area contributed by atoms with Gasteiger partial charge in [-0.25, -0.2) is 4.98 Å². The number of benzene rings is 3. The number of aryl methyl sites for hydroxylation is 2. The fourth-order valence-electron chi connectivity index (χ4n) is 3.38. The van der Waals surface area contributed by atoms with Crippen LogP contribution in [0.4, 0.5) is 0 Å². The number of imidazole rings is 1. The minimum atomic E-state index is -0.446. The first kappa shape index (κ1) is 19.7. The Hall–Kier alpha value is -2.57. The Balaban J connectivity index is 1.82. The van der Waals surface area contributed by atoms with Gasteiger partial charge in [-0.15, -0.1) is 11.8 Å². The van der Waals surface area contributed by atoms with Crippen molar-refractivity contribution >= 4 is 44.6 Å². The molecule has 0 saturated heterocycles. The molecule has 4 nitrogen and oxygen atoms in total. The van der Waals surface area contributed by atoms with E-state index in [1.54, 1.807) is 23.9 Å². The van der Waals surface area contributed by atoms with Crippen molar-refractivity contribution in [2.45, 2.75) is 24.5 Å². The van der Waals surface area contributed by atoms with Crippen molar-refractivity contribution in [3.05, 3.63) is 87.7 Å². The number of primary amides is 1. The summed E-state index contributed by atoms with van der Waals surface area (Å²) < 4.78 is 3.24. The summed E-state index contributed by atoms with van der Waals surface area (Å²) in [5.41, 5.74) is 11.2. The summed E-state index contributed by atoms with van der Waals surface area (Å²) in [6, 6.07) is 20.1. The van der Waals surface area contributed by atoms with E-state index in [1.807, 2.05) is 18.2 Å². The van der Waals surface area contributed by atoms with Crippen LogP contribution in [-0.2, 0) is 5.75 Å². The highest BCUT2D eigenvalue weighted by atomic mass is 79.9. The Labute approximate surface area is 182 Å². The van der Waals surface area contributed by atoms with Gasteiger partial charge in [-0.2, -0.15) is 0 Å². The molecule has 0 aliphatic heterocycles. The van der Waals surface area contributed by atoms with E-state index < -0.39 is 5.91 Å². The van der Waals surface area contributed by atoms with Gasteiger partial charge in [-0.3, -0.25) is 9.36 Å². The summed E-state index contributed by atoms with van der Waals surface area (Å²) in [6.45, 7) is 4.20. The number of halogens is 1. The van der Waals surface area contributed by atoms with E-state index in [2.05, 4.69) is 64.7 Å². The molecule has 0 aliphatic rings. The maximum absolute atomic E-state index is 11.6. The summed E-state index contributed by atoms with van der Waals surface area (Å²) in [6.07, 6.45) is 0. The van der Waals surface area contributed by atoms with Crippen LogP contribution < -0.4 is 5.73 Å². The molecule has 0 saturated carbocycles. The molecule has 1 amide bonds. The molecule has 0 radical (unpaired) electrons. The normalized spacial score (nSPS) is 11.1. The van der Waals surface area contributed by atoms with Crippen LogP contribution in [0.5, 0.6) is 0 Å². The molecule has 0 bridgehead atoms. The molecule has 29 heavy (non-hydrogen) atoms. The summed E-state index contributed by atoms with van der Waals surface area (Å²) in [5, 5.41) is 0. The van der Waals surface area contributed by atoms with E-state index in [0.29, 0.717) is 11.3 Å². The van der Waals surface area contributed by atoms with Crippen molar-refractivity contribution in [3.8, 4) is 5.69 Å². The first-order valence-electron chi connectivity index (χ1n) is 9.19.